The van der Waals surface area contributed by atoms with E-state index in [0.29, 0.717) is 5.39 Å². The van der Waals surface area contributed by atoms with Crippen molar-refractivity contribution in [2.75, 3.05) is 7.11 Å². The van der Waals surface area contributed by atoms with Gasteiger partial charge in [0.1, 0.15) is 17.2 Å². The van der Waals surface area contributed by atoms with Crippen molar-refractivity contribution in [3.05, 3.63) is 29.2 Å². The summed E-state index contributed by atoms with van der Waals surface area (Å²) >= 11 is 5.76. The van der Waals surface area contributed by atoms with Gasteiger partial charge in [0.15, 0.2) is 0 Å². The average molecular weight is 263 g/mol. The molecular formula is C10H6ClF3N2O. The van der Waals surface area contributed by atoms with Crippen LogP contribution in [0.2, 0.25) is 5.15 Å². The van der Waals surface area contributed by atoms with Gasteiger partial charge in [0, 0.05) is 5.39 Å². The van der Waals surface area contributed by atoms with Crippen LogP contribution in [0.15, 0.2) is 18.5 Å². The van der Waals surface area contributed by atoms with E-state index >= 15 is 0 Å². The molecule has 0 aliphatic rings. The SMILES string of the molecule is COc1cc2c(Cl)ncnc2cc1C(F)(F)F. The van der Waals surface area contributed by atoms with Crippen LogP contribution in [-0.2, 0) is 6.18 Å². The highest BCUT2D eigenvalue weighted by Gasteiger charge is 2.35. The molecule has 0 saturated heterocycles. The third kappa shape index (κ3) is 2.12. The summed E-state index contributed by atoms with van der Waals surface area (Å²) < 4.78 is 42.8. The Morgan fingerprint density at radius 2 is 1.94 bits per heavy atom. The molecule has 0 aliphatic heterocycles. The first-order valence-corrected chi connectivity index (χ1v) is 4.86. The van der Waals surface area contributed by atoms with Crippen LogP contribution in [0.4, 0.5) is 13.2 Å². The summed E-state index contributed by atoms with van der Waals surface area (Å²) in [5, 5.41) is 0.404. The molecule has 0 saturated carbocycles. The monoisotopic (exact) mass is 262 g/mol. The summed E-state index contributed by atoms with van der Waals surface area (Å²) in [7, 11) is 1.16. The van der Waals surface area contributed by atoms with E-state index in [0.717, 1.165) is 19.5 Å². The predicted octanol–water partition coefficient (Wildman–Crippen LogP) is 3.31. The van der Waals surface area contributed by atoms with Gasteiger partial charge in [0.2, 0.25) is 0 Å². The maximum Gasteiger partial charge on any atom is 0.420 e. The second-order valence-corrected chi connectivity index (χ2v) is 3.59. The van der Waals surface area contributed by atoms with Crippen molar-refractivity contribution in [3.63, 3.8) is 0 Å². The first-order chi connectivity index (χ1) is 7.93. The largest absolute Gasteiger partial charge is 0.496 e. The van der Waals surface area contributed by atoms with E-state index in [1.54, 1.807) is 0 Å². The fourth-order valence-corrected chi connectivity index (χ4v) is 1.64. The zero-order valence-corrected chi connectivity index (χ0v) is 9.30. The number of halogens is 4. The molecule has 1 aromatic carbocycles. The van der Waals surface area contributed by atoms with Gasteiger partial charge in [-0.3, -0.25) is 0 Å². The van der Waals surface area contributed by atoms with Crippen LogP contribution in [0.25, 0.3) is 10.9 Å². The summed E-state index contributed by atoms with van der Waals surface area (Å²) in [5.41, 5.74) is -0.764. The van der Waals surface area contributed by atoms with E-state index < -0.39 is 11.7 Å². The summed E-state index contributed by atoms with van der Waals surface area (Å²) in [6.07, 6.45) is -3.39. The lowest BCUT2D eigenvalue weighted by molar-refractivity contribution is -0.138. The second-order valence-electron chi connectivity index (χ2n) is 3.23. The van der Waals surface area contributed by atoms with Crippen molar-refractivity contribution < 1.29 is 17.9 Å². The molecule has 1 aromatic heterocycles. The van der Waals surface area contributed by atoms with Gasteiger partial charge in [-0.05, 0) is 12.1 Å². The van der Waals surface area contributed by atoms with Gasteiger partial charge >= 0.3 is 6.18 Å². The molecule has 1 heterocycles. The molecule has 90 valence electrons. The van der Waals surface area contributed by atoms with Crippen molar-refractivity contribution in [2.45, 2.75) is 6.18 Å². The van der Waals surface area contributed by atoms with Crippen LogP contribution < -0.4 is 4.74 Å². The smallest absolute Gasteiger partial charge is 0.420 e. The Morgan fingerprint density at radius 3 is 2.53 bits per heavy atom. The number of fused-ring (bicyclic) bond motifs is 1. The number of nitrogens with zero attached hydrogens (tertiary/aromatic N) is 2. The molecule has 2 rings (SSSR count). The standard InChI is InChI=1S/C10H6ClF3N2O/c1-17-8-2-5-7(15-4-16-9(5)11)3-6(8)10(12,13)14/h2-4H,1H3. The molecule has 2 aromatic rings. The summed E-state index contributed by atoms with van der Waals surface area (Å²) in [5.74, 6) is -0.304. The minimum Gasteiger partial charge on any atom is -0.496 e. The molecule has 0 spiro atoms. The van der Waals surface area contributed by atoms with Crippen molar-refractivity contribution in [3.8, 4) is 5.75 Å². The van der Waals surface area contributed by atoms with Gasteiger partial charge in [0.05, 0.1) is 18.2 Å². The number of methoxy groups -OCH3 is 1. The summed E-state index contributed by atoms with van der Waals surface area (Å²) in [4.78, 5) is 7.43. The Kier molecular flexibility index (Phi) is 2.82. The first-order valence-electron chi connectivity index (χ1n) is 4.49. The molecule has 3 nitrogen and oxygen atoms in total. The summed E-state index contributed by atoms with van der Waals surface area (Å²) in [6.45, 7) is 0. The average Bonchev–Trinajstić information content (AvgIpc) is 2.27. The number of alkyl halides is 3. The highest BCUT2D eigenvalue weighted by molar-refractivity contribution is 6.34. The fourth-order valence-electron chi connectivity index (χ4n) is 1.44. The lowest BCUT2D eigenvalue weighted by Crippen LogP contribution is -2.07. The van der Waals surface area contributed by atoms with Crippen molar-refractivity contribution in [1.29, 1.82) is 0 Å². The highest BCUT2D eigenvalue weighted by Crippen LogP contribution is 2.39. The maximum absolute atomic E-state index is 12.7. The predicted molar refractivity (Wildman–Crippen MR) is 56.1 cm³/mol. The van der Waals surface area contributed by atoms with Crippen molar-refractivity contribution >= 4 is 22.5 Å². The van der Waals surface area contributed by atoms with Crippen molar-refractivity contribution in [2.24, 2.45) is 0 Å². The van der Waals surface area contributed by atoms with Crippen LogP contribution in [0, 0.1) is 0 Å². The van der Waals surface area contributed by atoms with Gasteiger partial charge in [-0.1, -0.05) is 11.6 Å². The molecule has 0 bridgehead atoms. The molecule has 0 atom stereocenters. The minimum atomic E-state index is -4.50. The van der Waals surface area contributed by atoms with E-state index in [9.17, 15) is 13.2 Å². The number of aromatic nitrogens is 2. The fraction of sp³-hybridized carbons (Fsp3) is 0.200. The van der Waals surface area contributed by atoms with Crippen LogP contribution in [-0.4, -0.2) is 17.1 Å². The number of benzene rings is 1. The third-order valence-electron chi connectivity index (χ3n) is 2.21. The molecule has 0 aliphatic carbocycles. The number of hydrogen-bond acceptors (Lipinski definition) is 3. The molecule has 0 radical (unpaired) electrons. The van der Waals surface area contributed by atoms with E-state index in [2.05, 4.69) is 9.97 Å². The van der Waals surface area contributed by atoms with Gasteiger partial charge < -0.3 is 4.74 Å². The quantitative estimate of drug-likeness (QED) is 0.740. The highest BCUT2D eigenvalue weighted by atomic mass is 35.5. The Morgan fingerprint density at radius 1 is 1.24 bits per heavy atom. The third-order valence-corrected chi connectivity index (χ3v) is 2.51. The van der Waals surface area contributed by atoms with Gasteiger partial charge in [-0.15, -0.1) is 0 Å². The lowest BCUT2D eigenvalue weighted by Gasteiger charge is -2.12. The Hall–Kier alpha value is -1.56. The maximum atomic E-state index is 12.7. The number of ether oxygens (including phenoxy) is 1. The molecule has 0 unspecified atom stereocenters. The molecular weight excluding hydrogens is 257 g/mol. The number of rotatable bonds is 1. The van der Waals surface area contributed by atoms with E-state index in [1.807, 2.05) is 0 Å². The van der Waals surface area contributed by atoms with Gasteiger partial charge in [-0.25, -0.2) is 9.97 Å². The van der Waals surface area contributed by atoms with Crippen LogP contribution in [0.3, 0.4) is 0 Å². The summed E-state index contributed by atoms with van der Waals surface area (Å²) in [6, 6.07) is 2.07. The van der Waals surface area contributed by atoms with Gasteiger partial charge in [0.25, 0.3) is 0 Å². The Labute approximate surface area is 99.2 Å². The molecule has 17 heavy (non-hydrogen) atoms. The van der Waals surface area contributed by atoms with Crippen molar-refractivity contribution in [1.82, 2.24) is 9.97 Å². The molecule has 7 heteroatoms. The van der Waals surface area contributed by atoms with E-state index in [1.165, 1.54) is 6.07 Å². The van der Waals surface area contributed by atoms with Gasteiger partial charge in [-0.2, -0.15) is 13.2 Å². The van der Waals surface area contributed by atoms with E-state index in [-0.39, 0.29) is 16.4 Å². The molecule has 0 amide bonds. The Balaban J connectivity index is 2.78. The lowest BCUT2D eigenvalue weighted by atomic mass is 10.1. The zero-order valence-electron chi connectivity index (χ0n) is 8.55. The second kappa shape index (κ2) is 4.03. The first kappa shape index (κ1) is 11.9. The van der Waals surface area contributed by atoms with Crippen LogP contribution in [0.1, 0.15) is 5.56 Å². The van der Waals surface area contributed by atoms with Crippen LogP contribution >= 0.6 is 11.6 Å². The molecule has 0 fully saturated rings. The Bertz CT molecular complexity index is 571. The number of hydrogen-bond donors (Lipinski definition) is 0. The normalized spacial score (nSPS) is 11.8. The minimum absolute atomic E-state index is 0.0852. The zero-order chi connectivity index (χ0) is 12.6. The van der Waals surface area contributed by atoms with Crippen LogP contribution in [0.5, 0.6) is 5.75 Å². The molecule has 0 N–H and O–H groups in total. The topological polar surface area (TPSA) is 35.0 Å². The van der Waals surface area contributed by atoms with E-state index in [4.69, 9.17) is 16.3 Å².